The maximum atomic E-state index is 15.9. The van der Waals surface area contributed by atoms with Crippen LogP contribution in [0.15, 0.2) is 47.4 Å². The van der Waals surface area contributed by atoms with Gasteiger partial charge >= 0.3 is 0 Å². The minimum atomic E-state index is -0.488. The second kappa shape index (κ2) is 10.2. The monoisotopic (exact) mass is 531 g/mol. The minimum Gasteiger partial charge on any atom is -0.497 e. The Kier molecular flexibility index (Phi) is 6.67. The summed E-state index contributed by atoms with van der Waals surface area (Å²) in [5, 5.41) is 0.178. The molecule has 0 radical (unpaired) electrons. The van der Waals surface area contributed by atoms with Gasteiger partial charge in [0, 0.05) is 31.4 Å². The molecule has 2 aliphatic heterocycles. The van der Waals surface area contributed by atoms with Gasteiger partial charge in [-0.25, -0.2) is 4.39 Å². The Balaban J connectivity index is 1.42. The number of piperidine rings is 1. The van der Waals surface area contributed by atoms with Crippen molar-refractivity contribution in [3.05, 3.63) is 69.8 Å². The summed E-state index contributed by atoms with van der Waals surface area (Å²) < 4.78 is 28.9. The van der Waals surface area contributed by atoms with E-state index in [2.05, 4.69) is 16.8 Å². The molecule has 39 heavy (non-hydrogen) atoms. The van der Waals surface area contributed by atoms with Gasteiger partial charge < -0.3 is 23.8 Å². The quantitative estimate of drug-likeness (QED) is 0.319. The molecule has 0 spiro atoms. The summed E-state index contributed by atoms with van der Waals surface area (Å²) in [6.45, 7) is 2.53. The number of fused-ring (bicyclic) bond motifs is 2. The van der Waals surface area contributed by atoms with Crippen molar-refractivity contribution >= 4 is 28.4 Å². The number of likely N-dealkylation sites (N-methyl/N-ethyl adjacent to an activating group) is 1. The van der Waals surface area contributed by atoms with E-state index in [1.165, 1.54) is 19.3 Å². The molecule has 2 saturated heterocycles. The van der Waals surface area contributed by atoms with E-state index in [1.54, 1.807) is 31.5 Å². The Labute approximate surface area is 227 Å². The highest BCUT2D eigenvalue weighted by Crippen LogP contribution is 2.45. The molecule has 3 fully saturated rings. The van der Waals surface area contributed by atoms with E-state index in [1.807, 2.05) is 16.7 Å². The van der Waals surface area contributed by atoms with Crippen molar-refractivity contribution in [2.24, 2.45) is 5.92 Å². The molecule has 3 aromatic rings. The highest BCUT2D eigenvalue weighted by Gasteiger charge is 2.40. The minimum absolute atomic E-state index is 0.0298. The topological polar surface area (TPSA) is 64.0 Å². The van der Waals surface area contributed by atoms with Crippen LogP contribution in [0.5, 0.6) is 11.5 Å². The third-order valence-electron chi connectivity index (χ3n) is 8.53. The van der Waals surface area contributed by atoms with E-state index in [9.17, 15) is 9.59 Å². The number of carbonyl (C=O) groups is 1. The Morgan fingerprint density at radius 1 is 1.08 bits per heavy atom. The Morgan fingerprint density at radius 3 is 2.51 bits per heavy atom. The number of aromatic nitrogens is 1. The van der Waals surface area contributed by atoms with Gasteiger partial charge in [0.05, 0.1) is 30.7 Å². The lowest BCUT2D eigenvalue weighted by molar-refractivity contribution is 0.104. The first-order valence-corrected chi connectivity index (χ1v) is 13.7. The zero-order valence-corrected chi connectivity index (χ0v) is 22.7. The summed E-state index contributed by atoms with van der Waals surface area (Å²) in [7, 11) is 5.27. The number of allylic oxidation sites excluding steroid dienone is 1. The molecule has 2 atom stereocenters. The van der Waals surface area contributed by atoms with E-state index in [0.717, 1.165) is 56.6 Å². The van der Waals surface area contributed by atoms with Gasteiger partial charge in [-0.3, -0.25) is 9.59 Å². The van der Waals surface area contributed by atoms with Crippen molar-refractivity contribution in [3.63, 3.8) is 0 Å². The number of nitrogens with zero attached hydrogens (tertiary/aromatic N) is 3. The average Bonchev–Trinajstić information content (AvgIpc) is 3.70. The lowest BCUT2D eigenvalue weighted by Crippen LogP contribution is -2.42. The summed E-state index contributed by atoms with van der Waals surface area (Å²) in [5.41, 5.74) is 1.34. The van der Waals surface area contributed by atoms with Crippen molar-refractivity contribution in [1.29, 1.82) is 0 Å². The van der Waals surface area contributed by atoms with Crippen LogP contribution in [-0.4, -0.2) is 62.2 Å². The van der Waals surface area contributed by atoms with Gasteiger partial charge in [0.15, 0.2) is 17.3 Å². The lowest BCUT2D eigenvalue weighted by atomic mass is 9.93. The molecule has 204 valence electrons. The summed E-state index contributed by atoms with van der Waals surface area (Å²) in [4.78, 5) is 31.3. The van der Waals surface area contributed by atoms with Gasteiger partial charge in [-0.2, -0.15) is 0 Å². The molecule has 7 nitrogen and oxygen atoms in total. The van der Waals surface area contributed by atoms with Crippen LogP contribution in [-0.2, 0) is 0 Å². The first-order chi connectivity index (χ1) is 18.9. The number of pyridine rings is 1. The molecule has 2 unspecified atom stereocenters. The van der Waals surface area contributed by atoms with Crippen molar-refractivity contribution in [2.45, 2.75) is 37.8 Å². The summed E-state index contributed by atoms with van der Waals surface area (Å²) in [6.07, 6.45) is 8.85. The zero-order valence-electron chi connectivity index (χ0n) is 22.7. The van der Waals surface area contributed by atoms with Gasteiger partial charge in [-0.1, -0.05) is 18.2 Å². The van der Waals surface area contributed by atoms with E-state index in [4.69, 9.17) is 9.47 Å². The van der Waals surface area contributed by atoms with Crippen molar-refractivity contribution < 1.29 is 18.7 Å². The van der Waals surface area contributed by atoms with Crippen LogP contribution < -0.4 is 19.8 Å². The van der Waals surface area contributed by atoms with Gasteiger partial charge in [-0.05, 0) is 75.0 Å². The number of hydrogen-bond donors (Lipinski definition) is 0. The maximum absolute atomic E-state index is 15.9. The molecule has 8 heteroatoms. The predicted molar refractivity (Wildman–Crippen MR) is 151 cm³/mol. The summed E-state index contributed by atoms with van der Waals surface area (Å²) >= 11 is 0. The molecule has 2 aromatic carbocycles. The largest absolute Gasteiger partial charge is 0.497 e. The second-order valence-corrected chi connectivity index (χ2v) is 11.0. The maximum Gasteiger partial charge on any atom is 0.200 e. The lowest BCUT2D eigenvalue weighted by Gasteiger charge is -2.33. The number of ether oxygens (including phenoxy) is 2. The first kappa shape index (κ1) is 25.6. The van der Waals surface area contributed by atoms with Crippen molar-refractivity contribution in [2.75, 3.05) is 45.8 Å². The molecule has 0 amide bonds. The molecule has 1 saturated carbocycles. The zero-order chi connectivity index (χ0) is 27.3. The standard InChI is InChI=1S/C31H34FN3O4/c1-33-14-4-5-20-16-34(18-26(20)33)29-25(32)15-23-28(31(29)39-3)35(21-9-10-21)17-24(30(23)37)27(36)13-8-19-6-11-22(38-2)12-7-19/h6-8,11-13,15,17,20-21,26H,4-5,9-10,14,16,18H2,1-3H3/b13-8+. The van der Waals surface area contributed by atoms with Crippen LogP contribution in [0.3, 0.4) is 0 Å². The van der Waals surface area contributed by atoms with Gasteiger partial charge in [-0.15, -0.1) is 0 Å². The number of methoxy groups -OCH3 is 2. The van der Waals surface area contributed by atoms with E-state index >= 15 is 4.39 Å². The molecule has 1 aliphatic carbocycles. The van der Waals surface area contributed by atoms with Crippen molar-refractivity contribution in [1.82, 2.24) is 9.47 Å². The number of hydrogen-bond acceptors (Lipinski definition) is 6. The Bertz CT molecular complexity index is 1510. The normalized spacial score (nSPS) is 21.5. The molecule has 1 aromatic heterocycles. The predicted octanol–water partition coefficient (Wildman–Crippen LogP) is 4.92. The van der Waals surface area contributed by atoms with Gasteiger partial charge in [0.1, 0.15) is 11.4 Å². The van der Waals surface area contributed by atoms with E-state index in [0.29, 0.717) is 28.9 Å². The number of rotatable bonds is 7. The summed E-state index contributed by atoms with van der Waals surface area (Å²) in [5.74, 6) is 0.672. The number of benzene rings is 2. The molecular formula is C31H34FN3O4. The fourth-order valence-corrected chi connectivity index (χ4v) is 6.31. The fourth-order valence-electron chi connectivity index (χ4n) is 6.31. The first-order valence-electron chi connectivity index (χ1n) is 13.7. The van der Waals surface area contributed by atoms with Crippen LogP contribution in [0.4, 0.5) is 10.1 Å². The van der Waals surface area contributed by atoms with Crippen LogP contribution in [0.2, 0.25) is 0 Å². The van der Waals surface area contributed by atoms with Crippen LogP contribution >= 0.6 is 0 Å². The highest BCUT2D eigenvalue weighted by molar-refractivity contribution is 6.08. The van der Waals surface area contributed by atoms with Gasteiger partial charge in [0.2, 0.25) is 5.43 Å². The highest BCUT2D eigenvalue weighted by atomic mass is 19.1. The Morgan fingerprint density at radius 2 is 1.85 bits per heavy atom. The molecular weight excluding hydrogens is 497 g/mol. The van der Waals surface area contributed by atoms with Crippen LogP contribution in [0.1, 0.15) is 47.6 Å². The molecule has 3 heterocycles. The van der Waals surface area contributed by atoms with E-state index in [-0.39, 0.29) is 17.0 Å². The van der Waals surface area contributed by atoms with Gasteiger partial charge in [0.25, 0.3) is 0 Å². The summed E-state index contributed by atoms with van der Waals surface area (Å²) in [6, 6.07) is 9.11. The third-order valence-corrected chi connectivity index (χ3v) is 8.53. The Hall–Kier alpha value is -3.65. The smallest absolute Gasteiger partial charge is 0.200 e. The fraction of sp³-hybridized carbons (Fsp3) is 0.419. The number of anilines is 1. The third kappa shape index (κ3) is 4.61. The molecule has 0 bridgehead atoms. The van der Waals surface area contributed by atoms with E-state index < -0.39 is 17.0 Å². The number of halogens is 1. The average molecular weight is 532 g/mol. The van der Waals surface area contributed by atoms with Crippen LogP contribution in [0.25, 0.3) is 17.0 Å². The molecule has 3 aliphatic rings. The SMILES string of the molecule is COc1ccc(/C=C/C(=O)c2cn(C3CC3)c3c(OC)c(N4CC5CCCN(C)C5C4)c(F)cc3c2=O)cc1. The number of likely N-dealkylation sites (tertiary alicyclic amines) is 1. The number of carbonyl (C=O) groups excluding carboxylic acids is 1. The second-order valence-electron chi connectivity index (χ2n) is 11.0. The molecule has 0 N–H and O–H groups in total. The van der Waals surface area contributed by atoms with Crippen LogP contribution in [0, 0.1) is 11.7 Å². The van der Waals surface area contributed by atoms with Crippen molar-refractivity contribution in [3.8, 4) is 11.5 Å². The molecule has 6 rings (SSSR count). The number of ketones is 1.